The van der Waals surface area contributed by atoms with Crippen LogP contribution in [0.25, 0.3) is 0 Å². The van der Waals surface area contributed by atoms with E-state index in [1.54, 1.807) is 25.1 Å². The summed E-state index contributed by atoms with van der Waals surface area (Å²) in [5.74, 6) is 0.894. The van der Waals surface area contributed by atoms with E-state index in [0.717, 1.165) is 24.2 Å². The first-order chi connectivity index (χ1) is 10.1. The standard InChI is InChI=1S/C16H18N2O3/c1-3-17-11-13-7-5-8-14(10-13)21-16-12(2)6-4-9-15(16)18(19)20/h4-10,17H,3,11H2,1-2H3. The average molecular weight is 286 g/mol. The molecule has 0 saturated carbocycles. The van der Waals surface area contributed by atoms with Crippen molar-refractivity contribution >= 4 is 5.69 Å². The summed E-state index contributed by atoms with van der Waals surface area (Å²) in [5.41, 5.74) is 1.79. The van der Waals surface area contributed by atoms with Gasteiger partial charge < -0.3 is 10.1 Å². The molecule has 21 heavy (non-hydrogen) atoms. The number of hydrogen-bond donors (Lipinski definition) is 1. The van der Waals surface area contributed by atoms with Crippen LogP contribution in [0.3, 0.4) is 0 Å². The van der Waals surface area contributed by atoms with Gasteiger partial charge in [0.1, 0.15) is 5.75 Å². The molecule has 0 aliphatic rings. The minimum atomic E-state index is -0.426. The Kier molecular flexibility index (Phi) is 4.90. The van der Waals surface area contributed by atoms with Crippen molar-refractivity contribution in [3.05, 3.63) is 63.7 Å². The molecule has 0 atom stereocenters. The predicted molar refractivity (Wildman–Crippen MR) is 81.7 cm³/mol. The highest BCUT2D eigenvalue weighted by atomic mass is 16.6. The number of nitro benzene ring substituents is 1. The summed E-state index contributed by atoms with van der Waals surface area (Å²) >= 11 is 0. The van der Waals surface area contributed by atoms with E-state index in [1.165, 1.54) is 6.07 Å². The molecule has 0 aliphatic carbocycles. The number of nitrogens with zero attached hydrogens (tertiary/aromatic N) is 1. The molecule has 0 radical (unpaired) electrons. The SMILES string of the molecule is CCNCc1cccc(Oc2c(C)cccc2[N+](=O)[O-])c1. The number of benzene rings is 2. The lowest BCUT2D eigenvalue weighted by atomic mass is 10.2. The Morgan fingerprint density at radius 2 is 2.00 bits per heavy atom. The molecular weight excluding hydrogens is 268 g/mol. The zero-order chi connectivity index (χ0) is 15.2. The van der Waals surface area contributed by atoms with Crippen LogP contribution in [0.2, 0.25) is 0 Å². The van der Waals surface area contributed by atoms with Gasteiger partial charge in [-0.1, -0.05) is 31.2 Å². The van der Waals surface area contributed by atoms with Gasteiger partial charge in [0.05, 0.1) is 4.92 Å². The largest absolute Gasteiger partial charge is 0.450 e. The maximum absolute atomic E-state index is 11.1. The maximum atomic E-state index is 11.1. The number of nitro groups is 1. The van der Waals surface area contributed by atoms with Crippen LogP contribution >= 0.6 is 0 Å². The van der Waals surface area contributed by atoms with Gasteiger partial charge in [-0.15, -0.1) is 0 Å². The first-order valence-corrected chi connectivity index (χ1v) is 6.83. The Balaban J connectivity index is 2.28. The van der Waals surface area contributed by atoms with E-state index in [9.17, 15) is 10.1 Å². The molecule has 0 bridgehead atoms. The lowest BCUT2D eigenvalue weighted by molar-refractivity contribution is -0.385. The van der Waals surface area contributed by atoms with Crippen molar-refractivity contribution in [2.75, 3.05) is 6.54 Å². The van der Waals surface area contributed by atoms with Crippen molar-refractivity contribution in [1.29, 1.82) is 0 Å². The molecule has 0 aromatic heterocycles. The minimum absolute atomic E-state index is 0.0212. The second-order valence-corrected chi connectivity index (χ2v) is 4.71. The van der Waals surface area contributed by atoms with Crippen molar-refractivity contribution in [1.82, 2.24) is 5.32 Å². The molecule has 0 aliphatic heterocycles. The first kappa shape index (κ1) is 15.0. The van der Waals surface area contributed by atoms with Gasteiger partial charge in [-0.3, -0.25) is 10.1 Å². The summed E-state index contributed by atoms with van der Waals surface area (Å²) in [6, 6.07) is 12.5. The Labute approximate surface area is 123 Å². The maximum Gasteiger partial charge on any atom is 0.311 e. The second kappa shape index (κ2) is 6.85. The second-order valence-electron chi connectivity index (χ2n) is 4.71. The normalized spacial score (nSPS) is 10.4. The van der Waals surface area contributed by atoms with Crippen LogP contribution in [0.1, 0.15) is 18.1 Å². The third kappa shape index (κ3) is 3.79. The van der Waals surface area contributed by atoms with Gasteiger partial charge in [-0.05, 0) is 36.7 Å². The molecule has 0 fully saturated rings. The van der Waals surface area contributed by atoms with E-state index in [-0.39, 0.29) is 5.69 Å². The lowest BCUT2D eigenvalue weighted by Gasteiger charge is -2.10. The Morgan fingerprint density at radius 1 is 1.24 bits per heavy atom. The molecule has 2 aromatic rings. The molecule has 0 unspecified atom stereocenters. The van der Waals surface area contributed by atoms with Crippen LogP contribution in [-0.4, -0.2) is 11.5 Å². The van der Waals surface area contributed by atoms with Gasteiger partial charge in [0.15, 0.2) is 0 Å². The smallest absolute Gasteiger partial charge is 0.311 e. The Bertz CT molecular complexity index is 641. The van der Waals surface area contributed by atoms with Gasteiger partial charge in [-0.25, -0.2) is 0 Å². The average Bonchev–Trinajstić information content (AvgIpc) is 2.47. The summed E-state index contributed by atoms with van der Waals surface area (Å²) < 4.78 is 5.75. The van der Waals surface area contributed by atoms with Gasteiger partial charge in [0, 0.05) is 12.6 Å². The highest BCUT2D eigenvalue weighted by Crippen LogP contribution is 2.34. The van der Waals surface area contributed by atoms with Gasteiger partial charge >= 0.3 is 5.69 Å². The van der Waals surface area contributed by atoms with Crippen molar-refractivity contribution < 1.29 is 9.66 Å². The van der Waals surface area contributed by atoms with Crippen LogP contribution < -0.4 is 10.1 Å². The number of aryl methyl sites for hydroxylation is 1. The molecular formula is C16H18N2O3. The lowest BCUT2D eigenvalue weighted by Crippen LogP contribution is -2.11. The van der Waals surface area contributed by atoms with Crippen molar-refractivity contribution in [2.24, 2.45) is 0 Å². The highest BCUT2D eigenvalue weighted by Gasteiger charge is 2.17. The fourth-order valence-electron chi connectivity index (χ4n) is 2.02. The van der Waals surface area contributed by atoms with Crippen molar-refractivity contribution in [2.45, 2.75) is 20.4 Å². The third-order valence-corrected chi connectivity index (χ3v) is 3.09. The van der Waals surface area contributed by atoms with Gasteiger partial charge in [0.25, 0.3) is 0 Å². The first-order valence-electron chi connectivity index (χ1n) is 6.83. The molecule has 2 aromatic carbocycles. The monoisotopic (exact) mass is 286 g/mol. The number of ether oxygens (including phenoxy) is 1. The third-order valence-electron chi connectivity index (χ3n) is 3.09. The summed E-state index contributed by atoms with van der Waals surface area (Å²) in [6.45, 7) is 5.46. The fraction of sp³-hybridized carbons (Fsp3) is 0.250. The molecule has 5 nitrogen and oxygen atoms in total. The van der Waals surface area contributed by atoms with E-state index in [4.69, 9.17) is 4.74 Å². The molecule has 0 saturated heterocycles. The summed E-state index contributed by atoms with van der Waals surface area (Å²) in [7, 11) is 0. The van der Waals surface area contributed by atoms with E-state index in [1.807, 2.05) is 25.1 Å². The predicted octanol–water partition coefficient (Wildman–Crippen LogP) is 3.81. The highest BCUT2D eigenvalue weighted by molar-refractivity contribution is 5.53. The van der Waals surface area contributed by atoms with E-state index in [2.05, 4.69) is 5.32 Å². The summed E-state index contributed by atoms with van der Waals surface area (Å²) in [5, 5.41) is 14.3. The molecule has 0 spiro atoms. The van der Waals surface area contributed by atoms with Crippen LogP contribution in [0, 0.1) is 17.0 Å². The fourth-order valence-corrected chi connectivity index (χ4v) is 2.02. The zero-order valence-corrected chi connectivity index (χ0v) is 12.1. The number of para-hydroxylation sites is 1. The van der Waals surface area contributed by atoms with E-state index >= 15 is 0 Å². The van der Waals surface area contributed by atoms with Crippen LogP contribution in [0.5, 0.6) is 11.5 Å². The molecule has 110 valence electrons. The van der Waals surface area contributed by atoms with Crippen LogP contribution in [0.15, 0.2) is 42.5 Å². The summed E-state index contributed by atoms with van der Waals surface area (Å²) in [6.07, 6.45) is 0. The zero-order valence-electron chi connectivity index (χ0n) is 12.1. The molecule has 0 heterocycles. The molecule has 0 amide bonds. The number of nitrogens with one attached hydrogen (secondary N) is 1. The Hall–Kier alpha value is -2.40. The number of hydrogen-bond acceptors (Lipinski definition) is 4. The summed E-state index contributed by atoms with van der Waals surface area (Å²) in [4.78, 5) is 10.7. The van der Waals surface area contributed by atoms with Crippen molar-refractivity contribution in [3.63, 3.8) is 0 Å². The molecule has 1 N–H and O–H groups in total. The number of rotatable bonds is 6. The quantitative estimate of drug-likeness (QED) is 0.648. The Morgan fingerprint density at radius 3 is 2.71 bits per heavy atom. The van der Waals surface area contributed by atoms with Crippen LogP contribution in [-0.2, 0) is 6.54 Å². The van der Waals surface area contributed by atoms with Crippen molar-refractivity contribution in [3.8, 4) is 11.5 Å². The van der Waals surface area contributed by atoms with Gasteiger partial charge in [0.2, 0.25) is 5.75 Å². The van der Waals surface area contributed by atoms with E-state index < -0.39 is 4.92 Å². The topological polar surface area (TPSA) is 64.4 Å². The molecule has 5 heteroatoms. The van der Waals surface area contributed by atoms with E-state index in [0.29, 0.717) is 11.5 Å². The minimum Gasteiger partial charge on any atom is -0.450 e. The van der Waals surface area contributed by atoms with Gasteiger partial charge in [-0.2, -0.15) is 0 Å². The van der Waals surface area contributed by atoms with Crippen LogP contribution in [0.4, 0.5) is 5.69 Å². The molecule has 2 rings (SSSR count).